The summed E-state index contributed by atoms with van der Waals surface area (Å²) in [6, 6.07) is 24.7. The number of rotatable bonds is 17. The lowest BCUT2D eigenvalue weighted by Gasteiger charge is -2.39. The molecule has 17 nitrogen and oxygen atoms in total. The molecule has 5 aromatic rings. The molecule has 3 N–H and O–H groups in total. The summed E-state index contributed by atoms with van der Waals surface area (Å²) in [4.78, 5) is 56.5. The maximum atomic E-state index is 13.2. The highest BCUT2D eigenvalue weighted by Gasteiger charge is 2.49. The summed E-state index contributed by atoms with van der Waals surface area (Å²) in [5.74, 6) is 0.640. The molecule has 2 fully saturated rings. The summed E-state index contributed by atoms with van der Waals surface area (Å²) in [5.41, 5.74) is -0.292. The number of H-pyrrole nitrogens is 1. The third-order valence-corrected chi connectivity index (χ3v) is 19.2. The quantitative estimate of drug-likeness (QED) is 0.0444. The maximum Gasteiger partial charge on any atom is 0.349 e. The molecule has 2 aromatic heterocycles. The van der Waals surface area contributed by atoms with Crippen molar-refractivity contribution in [1.82, 2.24) is 24.2 Å². The SMILES string of the molecule is COc1ccc(C(OC[C@H]2O[C@@H](n3cc(C)c([O-])nc3=O)C[C@@H]2O[P+](O)([S-])NC[C@H]2O[C@@H](n3cc(C)c(=O)[nH]c3=O)C[C@@H]2O[Si](C)(C)C(C)(C)C)(c2ccccc2)c2ccc(OC)cc2)cc1. The van der Waals surface area contributed by atoms with Crippen LogP contribution in [0.2, 0.25) is 18.1 Å². The molecule has 2 aliphatic rings. The minimum atomic E-state index is -3.93. The molecule has 7 atom stereocenters. The molecule has 0 amide bonds. The van der Waals surface area contributed by atoms with Crippen molar-refractivity contribution in [3.8, 4) is 17.4 Å². The number of nitrogens with zero attached hydrogens (tertiary/aromatic N) is 3. The molecule has 0 spiro atoms. The zero-order valence-corrected chi connectivity index (χ0v) is 41.8. The molecular formula is C47H59N5O12PSSi-. The second kappa shape index (κ2) is 20.1. The molecule has 1 unspecified atom stereocenters. The van der Waals surface area contributed by atoms with Gasteiger partial charge in [0.05, 0.1) is 33.5 Å². The van der Waals surface area contributed by atoms with Crippen LogP contribution in [0.25, 0.3) is 0 Å². The van der Waals surface area contributed by atoms with E-state index in [2.05, 4.69) is 48.9 Å². The van der Waals surface area contributed by atoms with Crippen molar-refractivity contribution in [1.29, 1.82) is 0 Å². The first-order chi connectivity index (χ1) is 31.6. The van der Waals surface area contributed by atoms with Gasteiger partial charge in [0.1, 0.15) is 47.9 Å². The number of methoxy groups -OCH3 is 2. The predicted molar refractivity (Wildman–Crippen MR) is 256 cm³/mol. The van der Waals surface area contributed by atoms with Gasteiger partial charge in [-0.15, -0.1) is 0 Å². The Balaban J connectivity index is 1.21. The Morgan fingerprint density at radius 2 is 1.37 bits per heavy atom. The Hall–Kier alpha value is -4.66. The van der Waals surface area contributed by atoms with Crippen LogP contribution in [0.4, 0.5) is 0 Å². The molecule has 360 valence electrons. The lowest BCUT2D eigenvalue weighted by molar-refractivity contribution is -0.276. The topological polar surface area (TPSA) is 210 Å². The minimum absolute atomic E-state index is 0.0187. The largest absolute Gasteiger partial charge is 0.858 e. The van der Waals surface area contributed by atoms with E-state index < -0.39 is 80.7 Å². The Morgan fingerprint density at radius 3 is 1.96 bits per heavy atom. The van der Waals surface area contributed by atoms with Crippen LogP contribution >= 0.6 is 7.07 Å². The molecule has 2 aliphatic heterocycles. The lowest BCUT2D eigenvalue weighted by Crippen LogP contribution is -2.47. The van der Waals surface area contributed by atoms with Gasteiger partial charge in [-0.1, -0.05) is 75.4 Å². The fourth-order valence-corrected chi connectivity index (χ4v) is 11.1. The number of aromatic nitrogens is 4. The molecule has 20 heteroatoms. The number of hydrogen-bond donors (Lipinski definition) is 3. The average Bonchev–Trinajstić information content (AvgIpc) is 3.88. The summed E-state index contributed by atoms with van der Waals surface area (Å²) >= 11 is 5.81. The first kappa shape index (κ1) is 50.2. The van der Waals surface area contributed by atoms with Crippen molar-refractivity contribution in [3.63, 3.8) is 0 Å². The van der Waals surface area contributed by atoms with Gasteiger partial charge < -0.3 is 45.5 Å². The first-order valence-electron chi connectivity index (χ1n) is 22.0. The molecular weight excluding hydrogens is 918 g/mol. The Labute approximate surface area is 396 Å². The first-order valence-corrected chi connectivity index (χ1v) is 27.6. The van der Waals surface area contributed by atoms with Gasteiger partial charge >= 0.3 is 11.4 Å². The van der Waals surface area contributed by atoms with Crippen molar-refractivity contribution in [2.24, 2.45) is 0 Å². The van der Waals surface area contributed by atoms with Gasteiger partial charge in [-0.2, -0.15) is 5.09 Å². The van der Waals surface area contributed by atoms with E-state index >= 15 is 0 Å². The van der Waals surface area contributed by atoms with Gasteiger partial charge in [-0.25, -0.2) is 24.0 Å². The minimum Gasteiger partial charge on any atom is -0.858 e. The molecule has 0 radical (unpaired) electrons. The van der Waals surface area contributed by atoms with Crippen LogP contribution in [-0.2, 0) is 41.0 Å². The van der Waals surface area contributed by atoms with Crippen molar-refractivity contribution in [2.75, 3.05) is 27.4 Å². The fraction of sp³-hybridized carbons (Fsp3) is 0.447. The van der Waals surface area contributed by atoms with Crippen LogP contribution in [0, 0.1) is 13.8 Å². The van der Waals surface area contributed by atoms with E-state index in [1.54, 1.807) is 28.1 Å². The van der Waals surface area contributed by atoms with Gasteiger partial charge in [0.2, 0.25) is 7.07 Å². The zero-order valence-electron chi connectivity index (χ0n) is 39.1. The number of hydrogen-bond acceptors (Lipinski definition) is 15. The lowest BCUT2D eigenvalue weighted by atomic mass is 9.80. The van der Waals surface area contributed by atoms with E-state index in [0.717, 1.165) is 16.7 Å². The monoisotopic (exact) mass is 976 g/mol. The second-order valence-electron chi connectivity index (χ2n) is 18.4. The van der Waals surface area contributed by atoms with Gasteiger partial charge in [-0.3, -0.25) is 18.9 Å². The van der Waals surface area contributed by atoms with Crippen LogP contribution in [0.1, 0.15) is 73.9 Å². The van der Waals surface area contributed by atoms with Crippen LogP contribution in [0.3, 0.4) is 0 Å². The molecule has 3 aromatic carbocycles. The standard InChI is InChI=1S/C47H60N5O12PSSi/c1-29-26-51(44(55)49-42(29)53)40-23-36(63-65(57,66)48-25-38-37(64-67(8,9)46(3,4)5)24-41(61-38)52-27-30(2)43(54)50-45(52)56)39(62-40)28-60-47(31-13-11-10-12-14-31,32-15-19-34(58-6)20-16-32)33-17-21-35(59-7)22-18-33/h10-22,26-27,36-41H,23-25,28H2,1-9H3,(H2,48,57,66)(H,49,53,55)(H,50,54,56)/p-1/t36-,37-,38+,39+,40+,41+,65?/m0/s1. The van der Waals surface area contributed by atoms with Crippen molar-refractivity contribution < 1.29 is 42.6 Å². The second-order valence-corrected chi connectivity index (χ2v) is 26.2. The zero-order chi connectivity index (χ0) is 48.5. The number of aromatic amines is 1. The summed E-state index contributed by atoms with van der Waals surface area (Å²) in [6.07, 6.45) is -1.76. The van der Waals surface area contributed by atoms with Crippen LogP contribution < -0.4 is 36.6 Å². The maximum absolute atomic E-state index is 13.2. The van der Waals surface area contributed by atoms with Gasteiger partial charge in [0, 0.05) is 30.8 Å². The smallest absolute Gasteiger partial charge is 0.349 e. The summed E-state index contributed by atoms with van der Waals surface area (Å²) in [6.45, 7) is 13.6. The van der Waals surface area contributed by atoms with Crippen LogP contribution in [0.5, 0.6) is 17.4 Å². The summed E-state index contributed by atoms with van der Waals surface area (Å²) < 4.78 is 47.2. The molecule has 0 aliphatic carbocycles. The highest BCUT2D eigenvalue weighted by molar-refractivity contribution is 8.36. The number of benzene rings is 3. The predicted octanol–water partition coefficient (Wildman–Crippen LogP) is 5.67. The number of ether oxygens (including phenoxy) is 5. The van der Waals surface area contributed by atoms with E-state index in [1.165, 1.54) is 21.5 Å². The fourth-order valence-electron chi connectivity index (χ4n) is 8.13. The van der Waals surface area contributed by atoms with E-state index in [1.807, 2.05) is 78.9 Å². The van der Waals surface area contributed by atoms with Crippen molar-refractivity contribution in [3.05, 3.63) is 150 Å². The number of nitrogens with one attached hydrogen (secondary N) is 2. The van der Waals surface area contributed by atoms with E-state index in [9.17, 15) is 24.4 Å². The third-order valence-electron chi connectivity index (χ3n) is 12.9. The highest BCUT2D eigenvalue weighted by atomic mass is 32.7. The Morgan fingerprint density at radius 1 is 0.836 bits per heavy atom. The summed E-state index contributed by atoms with van der Waals surface area (Å²) in [7, 11) is -3.16. The van der Waals surface area contributed by atoms with Crippen LogP contribution in [-0.4, -0.2) is 84.1 Å². The van der Waals surface area contributed by atoms with Crippen molar-refractivity contribution in [2.45, 2.75) is 108 Å². The van der Waals surface area contributed by atoms with Gasteiger partial charge in [0.25, 0.3) is 5.56 Å². The molecule has 67 heavy (non-hydrogen) atoms. The molecule has 2 saturated heterocycles. The Bertz CT molecular complexity index is 2630. The highest BCUT2D eigenvalue weighted by Crippen LogP contribution is 2.54. The molecule has 0 bridgehead atoms. The number of aryl methyl sites for hydroxylation is 2. The molecule has 7 rings (SSSR count). The normalized spacial score (nSPS) is 22.1. The summed E-state index contributed by atoms with van der Waals surface area (Å²) in [5, 5.41) is 15.3. The van der Waals surface area contributed by atoms with E-state index in [0.29, 0.717) is 17.1 Å². The van der Waals surface area contributed by atoms with E-state index in [-0.39, 0.29) is 36.6 Å². The third kappa shape index (κ3) is 11.0. The molecule has 4 heterocycles. The van der Waals surface area contributed by atoms with Crippen LogP contribution in [0.15, 0.2) is 106 Å². The van der Waals surface area contributed by atoms with Gasteiger partial charge in [-0.05, 0) is 84.4 Å². The van der Waals surface area contributed by atoms with Crippen molar-refractivity contribution >= 4 is 27.6 Å². The van der Waals surface area contributed by atoms with Gasteiger partial charge in [0.15, 0.2) is 8.32 Å². The molecule has 0 saturated carbocycles. The average molecular weight is 977 g/mol. The van der Waals surface area contributed by atoms with E-state index in [4.69, 9.17) is 44.9 Å². The Kier molecular flexibility index (Phi) is 15.1.